The quantitative estimate of drug-likeness (QED) is 0.302. The number of fused-ring (bicyclic) bond motifs is 1. The molecule has 3 aromatic heterocycles. The Morgan fingerprint density at radius 2 is 1.88 bits per heavy atom. The zero-order valence-electron chi connectivity index (χ0n) is 24.3. The van der Waals surface area contributed by atoms with E-state index in [4.69, 9.17) is 9.15 Å². The second-order valence-electron chi connectivity index (χ2n) is 10.0. The van der Waals surface area contributed by atoms with E-state index >= 15 is 0 Å². The molecule has 4 aromatic rings. The number of nitrogens with zero attached hydrogens (tertiary/aromatic N) is 6. The largest absolute Gasteiger partial charge is 0.481 e. The number of pyridine rings is 1. The van der Waals surface area contributed by atoms with Crippen molar-refractivity contribution in [2.75, 3.05) is 39.6 Å². The van der Waals surface area contributed by atoms with Gasteiger partial charge in [-0.3, -0.25) is 0 Å². The fourth-order valence-corrected chi connectivity index (χ4v) is 6.60. The molecule has 4 heterocycles. The molecule has 0 saturated carbocycles. The van der Waals surface area contributed by atoms with Crippen molar-refractivity contribution in [3.8, 4) is 28.5 Å². The molecule has 0 radical (unpaired) electrons. The minimum absolute atomic E-state index is 0.348. The van der Waals surface area contributed by atoms with E-state index in [-0.39, 0.29) is 0 Å². The number of aromatic nitrogens is 5. The molecule has 1 atom stereocenters. The lowest BCUT2D eigenvalue weighted by Crippen LogP contribution is -2.42. The Bertz CT molecular complexity index is 1480. The third kappa shape index (κ3) is 6.04. The molecule has 1 aromatic carbocycles. The SMILES string of the molecule is CC.COc1cc(-c2cc(-c3ncco3)c3c(c2Nc2n[nH]c(S(=O)N4CCC(N(C)C)CC4)n2)CCC3)ccn1. The number of hydrogen-bond donors (Lipinski definition) is 2. The number of methoxy groups -OCH3 is 1. The molecular weight excluding hydrogens is 540 g/mol. The number of H-pyrrole nitrogens is 1. The second kappa shape index (κ2) is 12.9. The molecule has 6 rings (SSSR count). The van der Waals surface area contributed by atoms with Crippen molar-refractivity contribution in [2.24, 2.45) is 0 Å². The summed E-state index contributed by atoms with van der Waals surface area (Å²) in [6.07, 6.45) is 9.77. The number of piperidine rings is 1. The van der Waals surface area contributed by atoms with Crippen molar-refractivity contribution in [1.82, 2.24) is 34.4 Å². The summed E-state index contributed by atoms with van der Waals surface area (Å²) in [4.78, 5) is 15.5. The predicted molar refractivity (Wildman–Crippen MR) is 159 cm³/mol. The van der Waals surface area contributed by atoms with Crippen LogP contribution in [0.4, 0.5) is 11.6 Å². The first-order valence-electron chi connectivity index (χ1n) is 14.1. The summed E-state index contributed by atoms with van der Waals surface area (Å²) in [7, 11) is 4.39. The number of anilines is 2. The summed E-state index contributed by atoms with van der Waals surface area (Å²) in [5.41, 5.74) is 6.12. The molecule has 0 bridgehead atoms. The monoisotopic (exact) mass is 578 g/mol. The number of rotatable bonds is 8. The lowest BCUT2D eigenvalue weighted by Gasteiger charge is -2.33. The van der Waals surface area contributed by atoms with Gasteiger partial charge in [0.15, 0.2) is 11.0 Å². The molecule has 0 spiro atoms. The topological polar surface area (TPSA) is 125 Å². The maximum absolute atomic E-state index is 13.3. The highest BCUT2D eigenvalue weighted by Gasteiger charge is 2.28. The highest BCUT2D eigenvalue weighted by Crippen LogP contribution is 2.44. The van der Waals surface area contributed by atoms with E-state index in [1.54, 1.807) is 25.8 Å². The smallest absolute Gasteiger partial charge is 0.247 e. The Hall–Kier alpha value is -3.61. The molecular formula is C29H38N8O3S. The standard InChI is InChI=1S/C27H32N8O3S.C2H6/c1-34(2)18-8-12-35(13-9-18)39(36)27-31-26(32-33-27)30-24-20-6-4-5-19(20)22(25-29-11-14-38-25)16-21(24)17-7-10-28-23(15-17)37-3;1-2/h7,10-11,14-16,18H,4-6,8-9,12-13H2,1-3H3,(H2,30,31,32,33);1-2H3. The van der Waals surface area contributed by atoms with Crippen LogP contribution < -0.4 is 10.1 Å². The molecule has 12 heteroatoms. The van der Waals surface area contributed by atoms with Crippen LogP contribution in [0.3, 0.4) is 0 Å². The van der Waals surface area contributed by atoms with Crippen LogP contribution in [0.2, 0.25) is 0 Å². The molecule has 11 nitrogen and oxygen atoms in total. The molecule has 2 N–H and O–H groups in total. The fourth-order valence-electron chi connectivity index (χ4n) is 5.53. The minimum Gasteiger partial charge on any atom is -0.481 e. The van der Waals surface area contributed by atoms with E-state index in [9.17, 15) is 4.21 Å². The van der Waals surface area contributed by atoms with Crippen molar-refractivity contribution >= 4 is 22.6 Å². The van der Waals surface area contributed by atoms with E-state index in [1.807, 2.05) is 30.3 Å². The number of benzene rings is 1. The molecule has 218 valence electrons. The molecule has 2 aliphatic rings. The zero-order valence-corrected chi connectivity index (χ0v) is 25.1. The van der Waals surface area contributed by atoms with Crippen molar-refractivity contribution in [3.63, 3.8) is 0 Å². The average Bonchev–Trinajstić information content (AvgIpc) is 3.81. The average molecular weight is 579 g/mol. The zero-order chi connectivity index (χ0) is 28.9. The van der Waals surface area contributed by atoms with Gasteiger partial charge in [0.05, 0.1) is 19.0 Å². The van der Waals surface area contributed by atoms with Crippen LogP contribution in [0, 0.1) is 0 Å². The Balaban J connectivity index is 0.00000165. The van der Waals surface area contributed by atoms with Gasteiger partial charge in [0.25, 0.3) is 0 Å². The first-order chi connectivity index (χ1) is 20.0. The number of ether oxygens (including phenoxy) is 1. The van der Waals surface area contributed by atoms with Crippen LogP contribution in [0.15, 0.2) is 46.4 Å². The van der Waals surface area contributed by atoms with Crippen molar-refractivity contribution < 1.29 is 13.4 Å². The Labute approximate surface area is 243 Å². The maximum atomic E-state index is 13.3. The summed E-state index contributed by atoms with van der Waals surface area (Å²) in [6, 6.07) is 6.45. The van der Waals surface area contributed by atoms with Crippen LogP contribution in [-0.4, -0.2) is 78.9 Å². The lowest BCUT2D eigenvalue weighted by molar-refractivity contribution is 0.200. The van der Waals surface area contributed by atoms with Crippen LogP contribution in [0.25, 0.3) is 22.6 Å². The number of nitrogens with one attached hydrogen (secondary N) is 2. The lowest BCUT2D eigenvalue weighted by atomic mass is 9.93. The summed E-state index contributed by atoms with van der Waals surface area (Å²) in [5, 5.41) is 11.1. The van der Waals surface area contributed by atoms with E-state index in [0.717, 1.165) is 67.6 Å². The van der Waals surface area contributed by atoms with Crippen LogP contribution >= 0.6 is 0 Å². The van der Waals surface area contributed by atoms with E-state index in [2.05, 4.69) is 55.5 Å². The van der Waals surface area contributed by atoms with Gasteiger partial charge < -0.3 is 19.4 Å². The van der Waals surface area contributed by atoms with Gasteiger partial charge in [-0.2, -0.15) is 4.98 Å². The van der Waals surface area contributed by atoms with Crippen molar-refractivity contribution in [1.29, 1.82) is 0 Å². The normalized spacial score (nSPS) is 16.2. The molecule has 1 aliphatic carbocycles. The summed E-state index contributed by atoms with van der Waals surface area (Å²) >= 11 is 0. The molecule has 1 fully saturated rings. The Morgan fingerprint density at radius 1 is 1.10 bits per heavy atom. The van der Waals surface area contributed by atoms with E-state index in [1.165, 1.54) is 11.1 Å². The minimum atomic E-state index is -1.40. The predicted octanol–water partition coefficient (Wildman–Crippen LogP) is 4.84. The Kier molecular flexibility index (Phi) is 9.11. The summed E-state index contributed by atoms with van der Waals surface area (Å²) in [6.45, 7) is 5.51. The molecule has 0 amide bonds. The van der Waals surface area contributed by atoms with Gasteiger partial charge in [-0.05, 0) is 75.0 Å². The van der Waals surface area contributed by atoms with Crippen LogP contribution in [-0.2, 0) is 23.8 Å². The highest BCUT2D eigenvalue weighted by atomic mass is 32.2. The van der Waals surface area contributed by atoms with Crippen molar-refractivity contribution in [2.45, 2.75) is 57.1 Å². The molecule has 1 saturated heterocycles. The van der Waals surface area contributed by atoms with Gasteiger partial charge >= 0.3 is 0 Å². The highest BCUT2D eigenvalue weighted by molar-refractivity contribution is 7.82. The van der Waals surface area contributed by atoms with E-state index in [0.29, 0.717) is 28.9 Å². The first kappa shape index (κ1) is 28.9. The number of aromatic amines is 1. The number of hydrogen-bond acceptors (Lipinski definition) is 9. The summed E-state index contributed by atoms with van der Waals surface area (Å²) < 4.78 is 26.4. The Morgan fingerprint density at radius 3 is 2.59 bits per heavy atom. The van der Waals surface area contributed by atoms with Gasteiger partial charge in [-0.15, -0.1) is 5.10 Å². The van der Waals surface area contributed by atoms with Crippen molar-refractivity contribution in [3.05, 3.63) is 48.0 Å². The van der Waals surface area contributed by atoms with Crippen LogP contribution in [0.5, 0.6) is 5.88 Å². The molecule has 1 aliphatic heterocycles. The van der Waals surface area contributed by atoms with Gasteiger partial charge in [0, 0.05) is 42.5 Å². The second-order valence-corrected chi connectivity index (χ2v) is 11.4. The maximum Gasteiger partial charge on any atom is 0.247 e. The van der Waals surface area contributed by atoms with Crippen LogP contribution in [0.1, 0.15) is 44.2 Å². The van der Waals surface area contributed by atoms with Gasteiger partial charge in [-0.25, -0.2) is 23.6 Å². The van der Waals surface area contributed by atoms with Gasteiger partial charge in [-0.1, -0.05) is 13.8 Å². The van der Waals surface area contributed by atoms with Gasteiger partial charge in [0.2, 0.25) is 22.9 Å². The third-order valence-electron chi connectivity index (χ3n) is 7.58. The molecule has 41 heavy (non-hydrogen) atoms. The number of oxazole rings is 1. The van der Waals surface area contributed by atoms with E-state index < -0.39 is 11.0 Å². The fraction of sp³-hybridized carbons (Fsp3) is 0.448. The summed E-state index contributed by atoms with van der Waals surface area (Å²) in [5.74, 6) is 1.49. The molecule has 1 unspecified atom stereocenters. The third-order valence-corrected chi connectivity index (χ3v) is 8.92. The van der Waals surface area contributed by atoms with Gasteiger partial charge in [0.1, 0.15) is 6.26 Å². The first-order valence-corrected chi connectivity index (χ1v) is 15.2.